The van der Waals surface area contributed by atoms with Gasteiger partial charge in [0.15, 0.2) is 5.79 Å². The fourth-order valence-corrected chi connectivity index (χ4v) is 7.90. The maximum absolute atomic E-state index is 14.3. The first-order valence-corrected chi connectivity index (χ1v) is 17.6. The maximum Gasteiger partial charge on any atom is 0.331 e. The molecule has 1 unspecified atom stereocenters. The number of allylic oxidation sites excluding steroid dienone is 6. The molecule has 0 aromatic carbocycles. The lowest BCUT2D eigenvalue weighted by atomic mass is 9.70. The van der Waals surface area contributed by atoms with Crippen molar-refractivity contribution in [2.75, 3.05) is 13.2 Å². The van der Waals surface area contributed by atoms with Gasteiger partial charge in [0, 0.05) is 18.9 Å². The number of rotatable bonds is 4. The second-order valence-electron chi connectivity index (χ2n) is 14.9. The van der Waals surface area contributed by atoms with E-state index in [0.29, 0.717) is 24.8 Å². The van der Waals surface area contributed by atoms with Crippen molar-refractivity contribution in [3.63, 3.8) is 0 Å². The quantitative estimate of drug-likeness (QED) is 0.212. The molecule has 3 fully saturated rings. The molecule has 49 heavy (non-hydrogen) atoms. The summed E-state index contributed by atoms with van der Waals surface area (Å²) >= 11 is 0. The standard InChI is InChI=1S/C39H54O10/c1-8-25(6)35-26(7)16-32(40)38(49-35)19-30-18-29(48-38)13-12-24(5)15-23(4)10-9-11-28-21-46-36-34(42)27(20-45-33(41)14-22(2)3)17-31(37(43)47-30)39(28,36)44/h8-12,14,17,23,26,29-32,34-36,40,42,44H,13,15-16,18-21H2,1-7H3/b10-9?,24-12?,25-8+,28-11?/t23-,26-,29+,30-,31-,32+,34+,35+,36?,38-,39+/m0/s1. The van der Waals surface area contributed by atoms with E-state index in [4.69, 9.17) is 23.7 Å². The van der Waals surface area contributed by atoms with Crippen LogP contribution in [0, 0.1) is 17.8 Å². The van der Waals surface area contributed by atoms with Crippen LogP contribution in [0.5, 0.6) is 0 Å². The molecule has 10 heteroatoms. The Balaban J connectivity index is 1.54. The molecular formula is C39H54O10. The van der Waals surface area contributed by atoms with Crippen molar-refractivity contribution in [1.82, 2.24) is 0 Å². The van der Waals surface area contributed by atoms with Crippen LogP contribution in [0.3, 0.4) is 0 Å². The smallest absolute Gasteiger partial charge is 0.331 e. The van der Waals surface area contributed by atoms with Crippen molar-refractivity contribution in [3.05, 3.63) is 70.4 Å². The molecule has 1 spiro atoms. The molecule has 0 aromatic heterocycles. The second-order valence-corrected chi connectivity index (χ2v) is 14.9. The van der Waals surface area contributed by atoms with Gasteiger partial charge in [-0.3, -0.25) is 4.79 Å². The topological polar surface area (TPSA) is 141 Å². The van der Waals surface area contributed by atoms with Crippen LogP contribution < -0.4 is 0 Å². The molecule has 4 aliphatic heterocycles. The minimum atomic E-state index is -1.92. The van der Waals surface area contributed by atoms with Crippen LogP contribution in [0.2, 0.25) is 0 Å². The van der Waals surface area contributed by atoms with Gasteiger partial charge in [-0.05, 0) is 82.4 Å². The highest BCUT2D eigenvalue weighted by atomic mass is 16.7. The molecule has 5 aliphatic rings. The fraction of sp³-hybridized carbons (Fsp3) is 0.641. The Bertz CT molecular complexity index is 1450. The molecule has 0 amide bonds. The number of carbonyl (C=O) groups excluding carboxylic acids is 2. The molecule has 0 aromatic rings. The van der Waals surface area contributed by atoms with Gasteiger partial charge in [0.2, 0.25) is 0 Å². The number of fused-ring (bicyclic) bond motifs is 2. The van der Waals surface area contributed by atoms with Gasteiger partial charge >= 0.3 is 11.9 Å². The predicted octanol–water partition coefficient (Wildman–Crippen LogP) is 4.94. The van der Waals surface area contributed by atoms with Crippen molar-refractivity contribution < 1.29 is 48.6 Å². The van der Waals surface area contributed by atoms with Crippen molar-refractivity contribution in [1.29, 1.82) is 0 Å². The minimum Gasteiger partial charge on any atom is -0.462 e. The largest absolute Gasteiger partial charge is 0.462 e. The van der Waals surface area contributed by atoms with E-state index in [0.717, 1.165) is 17.6 Å². The first-order valence-electron chi connectivity index (χ1n) is 17.6. The van der Waals surface area contributed by atoms with Crippen LogP contribution in [-0.4, -0.2) is 88.5 Å². The van der Waals surface area contributed by atoms with Gasteiger partial charge in [0.1, 0.15) is 42.5 Å². The molecule has 3 saturated heterocycles. The van der Waals surface area contributed by atoms with Crippen LogP contribution in [0.1, 0.15) is 80.6 Å². The highest BCUT2D eigenvalue weighted by Gasteiger charge is 2.61. The molecule has 11 atom stereocenters. The third kappa shape index (κ3) is 7.90. The fourth-order valence-electron chi connectivity index (χ4n) is 7.90. The second kappa shape index (κ2) is 15.2. The molecule has 1 aliphatic carbocycles. The lowest BCUT2D eigenvalue weighted by molar-refractivity contribution is -0.363. The summed E-state index contributed by atoms with van der Waals surface area (Å²) < 4.78 is 30.9. The van der Waals surface area contributed by atoms with Crippen molar-refractivity contribution in [2.24, 2.45) is 17.8 Å². The Morgan fingerprint density at radius 2 is 1.88 bits per heavy atom. The summed E-state index contributed by atoms with van der Waals surface area (Å²) in [6.07, 6.45) is 9.93. The van der Waals surface area contributed by atoms with Crippen LogP contribution in [0.4, 0.5) is 0 Å². The highest BCUT2D eigenvalue weighted by molar-refractivity contribution is 5.83. The van der Waals surface area contributed by atoms with Gasteiger partial charge in [0.25, 0.3) is 0 Å². The van der Waals surface area contributed by atoms with E-state index in [9.17, 15) is 24.9 Å². The van der Waals surface area contributed by atoms with E-state index < -0.39 is 59.8 Å². The van der Waals surface area contributed by atoms with Gasteiger partial charge < -0.3 is 39.0 Å². The number of aliphatic hydroxyl groups is 3. The number of aliphatic hydroxyl groups excluding tert-OH is 2. The lowest BCUT2D eigenvalue weighted by Gasteiger charge is -2.52. The Labute approximate surface area is 290 Å². The summed E-state index contributed by atoms with van der Waals surface area (Å²) in [6.45, 7) is 13.4. The highest BCUT2D eigenvalue weighted by Crippen LogP contribution is 2.48. The average molecular weight is 683 g/mol. The zero-order valence-electron chi connectivity index (χ0n) is 29.9. The predicted molar refractivity (Wildman–Crippen MR) is 183 cm³/mol. The summed E-state index contributed by atoms with van der Waals surface area (Å²) in [5.41, 5.74) is 1.71. The number of ether oxygens (including phenoxy) is 5. The Morgan fingerprint density at radius 3 is 2.59 bits per heavy atom. The number of carbonyl (C=O) groups is 2. The molecule has 0 radical (unpaired) electrons. The summed E-state index contributed by atoms with van der Waals surface area (Å²) in [6, 6.07) is 0. The molecule has 4 heterocycles. The monoisotopic (exact) mass is 682 g/mol. The molecular weight excluding hydrogens is 628 g/mol. The van der Waals surface area contributed by atoms with Gasteiger partial charge in [-0.2, -0.15) is 0 Å². The molecule has 10 nitrogen and oxygen atoms in total. The first kappa shape index (κ1) is 37.4. The minimum absolute atomic E-state index is 0.00924. The lowest BCUT2D eigenvalue weighted by Crippen LogP contribution is -2.62. The van der Waals surface area contributed by atoms with Gasteiger partial charge in [0.05, 0.1) is 18.8 Å². The van der Waals surface area contributed by atoms with E-state index in [1.54, 1.807) is 19.9 Å². The summed E-state index contributed by atoms with van der Waals surface area (Å²) in [5.74, 6) is -3.76. The summed E-state index contributed by atoms with van der Waals surface area (Å²) in [5, 5.41) is 35.3. The van der Waals surface area contributed by atoms with Crippen LogP contribution >= 0.6 is 0 Å². The third-order valence-corrected chi connectivity index (χ3v) is 10.6. The zero-order valence-corrected chi connectivity index (χ0v) is 29.9. The molecule has 270 valence electrons. The van der Waals surface area contributed by atoms with Gasteiger partial charge in [-0.1, -0.05) is 61.4 Å². The average Bonchev–Trinajstić information content (AvgIpc) is 3.37. The maximum atomic E-state index is 14.3. The zero-order chi connectivity index (χ0) is 35.7. The van der Waals surface area contributed by atoms with Crippen LogP contribution in [-0.2, 0) is 33.3 Å². The number of esters is 2. The van der Waals surface area contributed by atoms with Crippen molar-refractivity contribution in [3.8, 4) is 0 Å². The summed E-state index contributed by atoms with van der Waals surface area (Å²) in [4.78, 5) is 26.7. The van der Waals surface area contributed by atoms with Gasteiger partial charge in [-0.15, -0.1) is 0 Å². The summed E-state index contributed by atoms with van der Waals surface area (Å²) in [7, 11) is 0. The van der Waals surface area contributed by atoms with E-state index >= 15 is 0 Å². The van der Waals surface area contributed by atoms with Crippen molar-refractivity contribution >= 4 is 11.9 Å². The molecule has 3 N–H and O–H groups in total. The molecule has 5 rings (SSSR count). The SMILES string of the molecule is C/C=C(\C)[C@H]1O[C@@]2(C[C@@H]3C[C@@H](CC=C(C)C[C@@H](C)C=CC=C4COC5[C@H](O)C(COC(=O)C=C(C)C)=C[C@@H](C(=O)O3)[C@]45O)O2)[C@H](O)C[C@@H]1C. The van der Waals surface area contributed by atoms with Crippen molar-refractivity contribution in [2.45, 2.75) is 129 Å². The van der Waals surface area contributed by atoms with Crippen LogP contribution in [0.15, 0.2) is 70.4 Å². The van der Waals surface area contributed by atoms with Gasteiger partial charge in [-0.25, -0.2) is 4.79 Å². The molecule has 0 saturated carbocycles. The van der Waals surface area contributed by atoms with E-state index in [1.165, 1.54) is 17.7 Å². The van der Waals surface area contributed by atoms with E-state index in [1.807, 2.05) is 39.0 Å². The van der Waals surface area contributed by atoms with Crippen LogP contribution in [0.25, 0.3) is 0 Å². The molecule has 2 bridgehead atoms. The Morgan fingerprint density at radius 1 is 1.12 bits per heavy atom. The third-order valence-electron chi connectivity index (χ3n) is 10.6. The van der Waals surface area contributed by atoms with E-state index in [2.05, 4.69) is 19.9 Å². The Kier molecular flexibility index (Phi) is 11.6. The van der Waals surface area contributed by atoms with E-state index in [-0.39, 0.29) is 43.1 Å². The normalized spacial score (nSPS) is 40.0. The number of hydrogen-bond donors (Lipinski definition) is 3. The first-order chi connectivity index (χ1) is 23.2. The Hall–Kier alpha value is -2.86. The number of hydrogen-bond acceptors (Lipinski definition) is 10.